The minimum Gasteiger partial charge on any atom is -0.374 e. The fourth-order valence-electron chi connectivity index (χ4n) is 3.41. The van der Waals surface area contributed by atoms with Gasteiger partial charge >= 0.3 is 17.6 Å². The Kier molecular flexibility index (Phi) is 9.75. The van der Waals surface area contributed by atoms with Crippen molar-refractivity contribution < 1.29 is 26.6 Å². The predicted octanol–water partition coefficient (Wildman–Crippen LogP) is 2.27. The summed E-state index contributed by atoms with van der Waals surface area (Å²) >= 11 is 0. The molecular weight excluding hydrogens is 444 g/mol. The molecule has 0 fully saturated rings. The molecule has 168 valence electrons. The van der Waals surface area contributed by atoms with Gasteiger partial charge in [0.2, 0.25) is 0 Å². The van der Waals surface area contributed by atoms with Gasteiger partial charge < -0.3 is 26.6 Å². The highest BCUT2D eigenvalue weighted by Gasteiger charge is 2.41. The fourth-order valence-corrected chi connectivity index (χ4v) is 11.7. The van der Waals surface area contributed by atoms with Gasteiger partial charge in [-0.25, -0.2) is 0 Å². The van der Waals surface area contributed by atoms with Crippen LogP contribution in [0.3, 0.4) is 0 Å². The summed E-state index contributed by atoms with van der Waals surface area (Å²) in [5.41, 5.74) is 8.30. The zero-order valence-corrected chi connectivity index (χ0v) is 22.0. The average Bonchev–Trinajstić information content (AvgIpc) is 2.86. The van der Waals surface area contributed by atoms with Crippen LogP contribution in [0, 0.1) is 0 Å². The number of rotatable bonds is 12. The molecule has 0 aliphatic rings. The molecule has 0 radical (unpaired) electrons. The van der Waals surface area contributed by atoms with Gasteiger partial charge in [-0.2, -0.15) is 0 Å². The number of hydrogen-bond acceptors (Lipinski definition) is 6. The Hall–Kier alpha value is -1.67. The molecule has 2 rings (SSSR count). The van der Waals surface area contributed by atoms with Crippen LogP contribution in [0.15, 0.2) is 83.5 Å². The molecule has 0 aliphatic heterocycles. The lowest BCUT2D eigenvalue weighted by Crippen LogP contribution is -2.57. The smallest absolute Gasteiger partial charge is 0.374 e. The molecule has 31 heavy (non-hydrogen) atoms. The van der Waals surface area contributed by atoms with Crippen LogP contribution in [0.5, 0.6) is 0 Å². The molecule has 0 saturated carbocycles. The molecule has 0 heterocycles. The van der Waals surface area contributed by atoms with Crippen LogP contribution < -0.4 is 10.4 Å². The number of benzene rings is 2. The van der Waals surface area contributed by atoms with Gasteiger partial charge in [-0.05, 0) is 21.8 Å². The molecular formula is C22H32O6Si3. The molecule has 0 unspecified atom stereocenters. The van der Waals surface area contributed by atoms with Gasteiger partial charge in [0.25, 0.3) is 0 Å². The van der Waals surface area contributed by atoms with Crippen molar-refractivity contribution in [1.82, 2.24) is 0 Å². The maximum absolute atomic E-state index is 5.65. The summed E-state index contributed by atoms with van der Waals surface area (Å²) in [5.74, 6) is 0. The van der Waals surface area contributed by atoms with Gasteiger partial charge in [-0.3, -0.25) is 0 Å². The van der Waals surface area contributed by atoms with E-state index >= 15 is 0 Å². The molecule has 6 nitrogen and oxygen atoms in total. The topological polar surface area (TPSA) is 55.4 Å². The summed E-state index contributed by atoms with van der Waals surface area (Å²) in [6.45, 7) is 0. The first-order valence-electron chi connectivity index (χ1n) is 9.82. The maximum Gasteiger partial charge on any atom is 0.528 e. The molecule has 0 spiro atoms. The first kappa shape index (κ1) is 25.6. The highest BCUT2D eigenvalue weighted by atomic mass is 28.4. The van der Waals surface area contributed by atoms with E-state index in [9.17, 15) is 0 Å². The van der Waals surface area contributed by atoms with Crippen LogP contribution in [0.1, 0.15) is 0 Å². The van der Waals surface area contributed by atoms with E-state index in [0.29, 0.717) is 0 Å². The van der Waals surface area contributed by atoms with Crippen molar-refractivity contribution in [1.29, 1.82) is 0 Å². The van der Waals surface area contributed by atoms with Crippen LogP contribution in [0.2, 0.25) is 0 Å². The molecule has 2 aromatic carbocycles. The van der Waals surface area contributed by atoms with Crippen LogP contribution in [0.4, 0.5) is 0 Å². The summed E-state index contributed by atoms with van der Waals surface area (Å²) < 4.78 is 33.9. The second-order valence-electron chi connectivity index (χ2n) is 6.70. The average molecular weight is 477 g/mol. The van der Waals surface area contributed by atoms with Gasteiger partial charge in [0.05, 0.1) is 0 Å². The molecule has 0 aromatic heterocycles. The molecule has 0 aliphatic carbocycles. The monoisotopic (exact) mass is 476 g/mol. The van der Waals surface area contributed by atoms with E-state index in [0.717, 1.165) is 0 Å². The first-order valence-corrected chi connectivity index (χ1v) is 15.6. The molecule has 2 aromatic rings. The van der Waals surface area contributed by atoms with Crippen molar-refractivity contribution >= 4 is 36.1 Å². The number of hydrogen-bond donors (Lipinski definition) is 0. The van der Waals surface area contributed by atoms with E-state index in [1.165, 1.54) is 10.4 Å². The first-order chi connectivity index (χ1) is 15.0. The van der Waals surface area contributed by atoms with E-state index in [-0.39, 0.29) is 0 Å². The van der Waals surface area contributed by atoms with Gasteiger partial charge in [0.1, 0.15) is 0 Å². The lowest BCUT2D eigenvalue weighted by Gasteiger charge is -2.30. The third kappa shape index (κ3) is 5.77. The fraction of sp³-hybridized carbons (Fsp3) is 0.273. The zero-order valence-electron chi connectivity index (χ0n) is 19.0. The Bertz CT molecular complexity index is 749. The third-order valence-corrected chi connectivity index (χ3v) is 14.5. The van der Waals surface area contributed by atoms with E-state index in [1.807, 2.05) is 47.8 Å². The second kappa shape index (κ2) is 11.8. The highest BCUT2D eigenvalue weighted by molar-refractivity contribution is 7.10. The van der Waals surface area contributed by atoms with Crippen LogP contribution >= 0.6 is 0 Å². The summed E-state index contributed by atoms with van der Waals surface area (Å²) in [6.07, 6.45) is 0. The van der Waals surface area contributed by atoms with E-state index in [1.54, 1.807) is 42.7 Å². The van der Waals surface area contributed by atoms with Gasteiger partial charge in [-0.1, -0.05) is 72.1 Å². The van der Waals surface area contributed by atoms with Crippen molar-refractivity contribution in [3.05, 3.63) is 83.5 Å². The van der Waals surface area contributed by atoms with Crippen molar-refractivity contribution in [2.45, 2.75) is 0 Å². The molecule has 9 heteroatoms. The van der Waals surface area contributed by atoms with Crippen LogP contribution in [0.25, 0.3) is 0 Å². The minimum absolute atomic E-state index is 1.19. The lowest BCUT2D eigenvalue weighted by molar-refractivity contribution is 0.138. The maximum atomic E-state index is 5.65. The molecule has 0 atom stereocenters. The summed E-state index contributed by atoms with van der Waals surface area (Å²) in [4.78, 5) is 0. The van der Waals surface area contributed by atoms with Crippen LogP contribution in [-0.4, -0.2) is 68.3 Å². The van der Waals surface area contributed by atoms with Crippen molar-refractivity contribution in [2.24, 2.45) is 0 Å². The normalized spacial score (nSPS) is 13.4. The Morgan fingerprint density at radius 3 is 1.00 bits per heavy atom. The van der Waals surface area contributed by atoms with Crippen molar-refractivity contribution in [3.8, 4) is 0 Å². The molecule has 0 amide bonds. The standard InChI is InChI=1S/C22H32O6Si3/c1-23-30(24-2,25-3)19-17-29(21-13-9-7-10-14-21,22-15-11-8-12-16-22)18-20-31(26-4,27-5)28-6/h7-20H,1-6H3/b19-17+,20-18+. The minimum atomic E-state index is -2.95. The Labute approximate surface area is 188 Å². The SMILES string of the molecule is CO[Si](/C=C/[Si](/C=C/[Si](OC)(OC)OC)(c1ccccc1)c1ccccc1)(OC)OC. The molecule has 0 N–H and O–H groups in total. The van der Waals surface area contributed by atoms with E-state index in [4.69, 9.17) is 26.6 Å². The van der Waals surface area contributed by atoms with Crippen molar-refractivity contribution in [2.75, 3.05) is 42.7 Å². The largest absolute Gasteiger partial charge is 0.528 e. The summed E-state index contributed by atoms with van der Waals surface area (Å²) in [7, 11) is 1.07. The van der Waals surface area contributed by atoms with E-state index in [2.05, 4.69) is 35.7 Å². The van der Waals surface area contributed by atoms with Gasteiger partial charge in [-0.15, -0.1) is 0 Å². The van der Waals surface area contributed by atoms with Gasteiger partial charge in [0.15, 0.2) is 8.07 Å². The lowest BCUT2D eigenvalue weighted by atomic mass is 10.4. The predicted molar refractivity (Wildman–Crippen MR) is 130 cm³/mol. The quantitative estimate of drug-likeness (QED) is 0.438. The molecule has 0 saturated heterocycles. The van der Waals surface area contributed by atoms with Crippen LogP contribution in [-0.2, 0) is 26.6 Å². The Morgan fingerprint density at radius 2 is 0.742 bits per heavy atom. The summed E-state index contributed by atoms with van der Waals surface area (Å²) in [5, 5.41) is 2.37. The van der Waals surface area contributed by atoms with Gasteiger partial charge in [0, 0.05) is 42.7 Å². The van der Waals surface area contributed by atoms with E-state index < -0.39 is 25.7 Å². The highest BCUT2D eigenvalue weighted by Crippen LogP contribution is 2.17. The second-order valence-corrected chi connectivity index (χ2v) is 15.8. The third-order valence-electron chi connectivity index (χ3n) is 5.31. The Balaban J connectivity index is 2.80. The van der Waals surface area contributed by atoms with Crippen molar-refractivity contribution in [3.63, 3.8) is 0 Å². The Morgan fingerprint density at radius 1 is 0.452 bits per heavy atom. The molecule has 0 bridgehead atoms. The zero-order chi connectivity index (χ0) is 22.8. The summed E-state index contributed by atoms with van der Waals surface area (Å²) in [6, 6.07) is 20.8.